The molecule has 6 heteroatoms. The molecular weight excluding hydrogens is 248 g/mol. The predicted molar refractivity (Wildman–Crippen MR) is 68.4 cm³/mol. The van der Waals surface area contributed by atoms with Crippen LogP contribution in [0.2, 0.25) is 0 Å². The molecule has 0 spiro atoms. The third-order valence-corrected chi connectivity index (χ3v) is 3.36. The number of carboxylic acid groups (broad SMARTS) is 1. The Morgan fingerprint density at radius 2 is 2.11 bits per heavy atom. The Kier molecular flexibility index (Phi) is 2.87. The number of nitrogens with zero attached hydrogens (tertiary/aromatic N) is 2. The van der Waals surface area contributed by atoms with Gasteiger partial charge in [0.15, 0.2) is 5.58 Å². The second-order valence-electron chi connectivity index (χ2n) is 4.70. The maximum atomic E-state index is 10.9. The summed E-state index contributed by atoms with van der Waals surface area (Å²) in [5.41, 5.74) is 1.30. The minimum absolute atomic E-state index is 0.185. The Bertz CT molecular complexity index is 614. The number of piperidine rings is 1. The van der Waals surface area contributed by atoms with Gasteiger partial charge < -0.3 is 19.5 Å². The van der Waals surface area contributed by atoms with Crippen molar-refractivity contribution in [1.82, 2.24) is 4.98 Å². The van der Waals surface area contributed by atoms with Crippen LogP contribution in [0.15, 0.2) is 22.6 Å². The second kappa shape index (κ2) is 4.55. The van der Waals surface area contributed by atoms with Gasteiger partial charge in [0, 0.05) is 13.1 Å². The zero-order valence-electron chi connectivity index (χ0n) is 10.2. The van der Waals surface area contributed by atoms with Crippen molar-refractivity contribution < 1.29 is 19.4 Å². The van der Waals surface area contributed by atoms with Gasteiger partial charge in [-0.25, -0.2) is 4.79 Å². The Morgan fingerprint density at radius 3 is 2.79 bits per heavy atom. The maximum absolute atomic E-state index is 10.9. The first-order valence-electron chi connectivity index (χ1n) is 6.20. The van der Waals surface area contributed by atoms with Crippen molar-refractivity contribution >= 4 is 23.1 Å². The van der Waals surface area contributed by atoms with Crippen molar-refractivity contribution in [3.63, 3.8) is 0 Å². The van der Waals surface area contributed by atoms with Crippen molar-refractivity contribution in [2.24, 2.45) is 0 Å². The average molecular weight is 262 g/mol. The molecule has 0 bridgehead atoms. The molecule has 2 N–H and O–H groups in total. The third-order valence-electron chi connectivity index (χ3n) is 3.36. The van der Waals surface area contributed by atoms with Crippen molar-refractivity contribution in [3.8, 4) is 0 Å². The largest absolute Gasteiger partial charge is 0.478 e. The van der Waals surface area contributed by atoms with Crippen LogP contribution in [0.25, 0.3) is 11.1 Å². The highest BCUT2D eigenvalue weighted by Gasteiger charge is 2.21. The predicted octanol–water partition coefficient (Wildman–Crippen LogP) is 1.49. The molecule has 1 aromatic carbocycles. The molecule has 0 unspecified atom stereocenters. The fraction of sp³-hybridized carbons (Fsp3) is 0.385. The van der Waals surface area contributed by atoms with Crippen LogP contribution in [0, 0.1) is 0 Å². The summed E-state index contributed by atoms with van der Waals surface area (Å²) in [7, 11) is 0. The summed E-state index contributed by atoms with van der Waals surface area (Å²) < 4.78 is 5.60. The fourth-order valence-corrected chi connectivity index (χ4v) is 2.24. The van der Waals surface area contributed by atoms with E-state index in [-0.39, 0.29) is 11.7 Å². The first-order chi connectivity index (χ1) is 9.13. The lowest BCUT2D eigenvalue weighted by molar-refractivity contribution is 0.0697. The lowest BCUT2D eigenvalue weighted by Crippen LogP contribution is -2.35. The van der Waals surface area contributed by atoms with Gasteiger partial charge in [-0.15, -0.1) is 0 Å². The molecule has 1 aliphatic heterocycles. The Morgan fingerprint density at radius 1 is 1.37 bits per heavy atom. The Balaban J connectivity index is 1.91. The van der Waals surface area contributed by atoms with Gasteiger partial charge in [-0.3, -0.25) is 0 Å². The van der Waals surface area contributed by atoms with E-state index in [2.05, 4.69) is 4.98 Å². The molecule has 2 heterocycles. The SMILES string of the molecule is O=C(O)c1ccc2nc(N3CCC(O)CC3)oc2c1. The first kappa shape index (κ1) is 12.0. The van der Waals surface area contributed by atoms with E-state index >= 15 is 0 Å². The number of hydrogen-bond donors (Lipinski definition) is 2. The van der Waals surface area contributed by atoms with Gasteiger partial charge in [0.2, 0.25) is 0 Å². The molecule has 0 saturated carbocycles. The number of aliphatic hydroxyl groups is 1. The molecule has 0 radical (unpaired) electrons. The monoisotopic (exact) mass is 262 g/mol. The molecule has 19 heavy (non-hydrogen) atoms. The third kappa shape index (κ3) is 2.26. The number of aromatic nitrogens is 1. The number of oxazole rings is 1. The van der Waals surface area contributed by atoms with Gasteiger partial charge in [-0.2, -0.15) is 4.98 Å². The van der Waals surface area contributed by atoms with E-state index in [0.717, 1.165) is 0 Å². The van der Waals surface area contributed by atoms with E-state index in [4.69, 9.17) is 9.52 Å². The first-order valence-corrected chi connectivity index (χ1v) is 6.20. The number of aliphatic hydroxyl groups excluding tert-OH is 1. The molecule has 6 nitrogen and oxygen atoms in total. The van der Waals surface area contributed by atoms with Gasteiger partial charge in [-0.05, 0) is 31.0 Å². The molecule has 100 valence electrons. The van der Waals surface area contributed by atoms with Gasteiger partial charge in [-0.1, -0.05) is 0 Å². The highest BCUT2D eigenvalue weighted by molar-refractivity contribution is 5.92. The summed E-state index contributed by atoms with van der Waals surface area (Å²) in [5.74, 6) is -0.985. The summed E-state index contributed by atoms with van der Waals surface area (Å²) in [6.45, 7) is 1.39. The number of carboxylic acids is 1. The van der Waals surface area contributed by atoms with Gasteiger partial charge >= 0.3 is 5.97 Å². The summed E-state index contributed by atoms with van der Waals surface area (Å²) in [6.07, 6.45) is 1.14. The molecule has 3 rings (SSSR count). The van der Waals surface area contributed by atoms with Crippen LogP contribution in [0.3, 0.4) is 0 Å². The van der Waals surface area contributed by atoms with E-state index in [1.54, 1.807) is 6.07 Å². The smallest absolute Gasteiger partial charge is 0.335 e. The summed E-state index contributed by atoms with van der Waals surface area (Å²) in [6, 6.07) is 5.12. The van der Waals surface area contributed by atoms with Gasteiger partial charge in [0.05, 0.1) is 11.7 Å². The van der Waals surface area contributed by atoms with Crippen molar-refractivity contribution in [2.45, 2.75) is 18.9 Å². The van der Waals surface area contributed by atoms with Crippen LogP contribution in [0.4, 0.5) is 6.01 Å². The number of hydrogen-bond acceptors (Lipinski definition) is 5. The zero-order chi connectivity index (χ0) is 13.4. The van der Waals surface area contributed by atoms with Crippen LogP contribution in [-0.2, 0) is 0 Å². The van der Waals surface area contributed by atoms with E-state index in [1.807, 2.05) is 4.90 Å². The molecule has 0 amide bonds. The van der Waals surface area contributed by atoms with E-state index in [0.29, 0.717) is 43.0 Å². The zero-order valence-corrected chi connectivity index (χ0v) is 10.2. The van der Waals surface area contributed by atoms with Crippen LogP contribution in [-0.4, -0.2) is 40.4 Å². The van der Waals surface area contributed by atoms with Gasteiger partial charge in [0.1, 0.15) is 5.52 Å². The van der Waals surface area contributed by atoms with Crippen LogP contribution >= 0.6 is 0 Å². The molecule has 1 fully saturated rings. The molecule has 0 aliphatic carbocycles. The molecular formula is C13H14N2O4. The quantitative estimate of drug-likeness (QED) is 0.852. The van der Waals surface area contributed by atoms with E-state index in [1.165, 1.54) is 12.1 Å². The lowest BCUT2D eigenvalue weighted by atomic mass is 10.1. The number of carbonyl (C=O) groups is 1. The van der Waals surface area contributed by atoms with Crippen molar-refractivity contribution in [2.75, 3.05) is 18.0 Å². The standard InChI is InChI=1S/C13H14N2O4/c16-9-3-5-15(6-4-9)13-14-10-2-1-8(12(17)18)7-11(10)19-13/h1-2,7,9,16H,3-6H2,(H,17,18). The lowest BCUT2D eigenvalue weighted by Gasteiger charge is -2.27. The van der Waals surface area contributed by atoms with E-state index in [9.17, 15) is 9.90 Å². The summed E-state index contributed by atoms with van der Waals surface area (Å²) in [4.78, 5) is 17.2. The fourth-order valence-electron chi connectivity index (χ4n) is 2.24. The maximum Gasteiger partial charge on any atom is 0.335 e. The van der Waals surface area contributed by atoms with E-state index < -0.39 is 5.97 Å². The minimum atomic E-state index is -0.985. The summed E-state index contributed by atoms with van der Waals surface area (Å²) in [5, 5.41) is 18.4. The van der Waals surface area contributed by atoms with Gasteiger partial charge in [0.25, 0.3) is 6.01 Å². The molecule has 0 atom stereocenters. The molecule has 1 aliphatic rings. The molecule has 2 aromatic rings. The van der Waals surface area contributed by atoms with Crippen molar-refractivity contribution in [3.05, 3.63) is 23.8 Å². The summed E-state index contributed by atoms with van der Waals surface area (Å²) >= 11 is 0. The highest BCUT2D eigenvalue weighted by atomic mass is 16.4. The molecule has 1 saturated heterocycles. The number of aromatic carboxylic acids is 1. The van der Waals surface area contributed by atoms with Crippen LogP contribution in [0.5, 0.6) is 0 Å². The number of anilines is 1. The minimum Gasteiger partial charge on any atom is -0.478 e. The highest BCUT2D eigenvalue weighted by Crippen LogP contribution is 2.25. The average Bonchev–Trinajstić information content (AvgIpc) is 2.82. The second-order valence-corrected chi connectivity index (χ2v) is 4.70. The number of fused-ring (bicyclic) bond motifs is 1. The van der Waals surface area contributed by atoms with Crippen LogP contribution in [0.1, 0.15) is 23.2 Å². The topological polar surface area (TPSA) is 86.8 Å². The number of rotatable bonds is 2. The van der Waals surface area contributed by atoms with Crippen molar-refractivity contribution in [1.29, 1.82) is 0 Å². The van der Waals surface area contributed by atoms with Crippen LogP contribution < -0.4 is 4.90 Å². The Labute approximate surface area is 109 Å². The normalized spacial score (nSPS) is 17.0. The Hall–Kier alpha value is -2.08. The number of benzene rings is 1. The molecule has 1 aromatic heterocycles.